The molecule has 4 rings (SSSR count). The van der Waals surface area contributed by atoms with Crippen LogP contribution >= 0.6 is 12.4 Å². The number of carbonyl (C=O) groups excluding carboxylic acids is 1. The number of nitrogens with zero attached hydrogens (tertiary/aromatic N) is 1. The van der Waals surface area contributed by atoms with Gasteiger partial charge in [0.15, 0.2) is 0 Å². The summed E-state index contributed by atoms with van der Waals surface area (Å²) in [4.78, 5) is 20.4. The normalized spacial score (nSPS) is 10.5. The van der Waals surface area contributed by atoms with Crippen molar-refractivity contribution < 1.29 is 9.18 Å². The van der Waals surface area contributed by atoms with Crippen molar-refractivity contribution in [3.8, 4) is 11.4 Å². The van der Waals surface area contributed by atoms with Gasteiger partial charge in [-0.05, 0) is 55.3 Å². The van der Waals surface area contributed by atoms with Crippen molar-refractivity contribution in [3.63, 3.8) is 0 Å². The molecule has 0 radical (unpaired) electrons. The molecule has 0 atom stereocenters. The summed E-state index contributed by atoms with van der Waals surface area (Å²) >= 11 is 0. The van der Waals surface area contributed by atoms with Gasteiger partial charge in [0.1, 0.15) is 11.6 Å². The number of rotatable bonds is 3. The molecule has 0 aliphatic heterocycles. The molecule has 3 aromatic carbocycles. The number of amides is 1. The lowest BCUT2D eigenvalue weighted by Gasteiger charge is -2.10. The Kier molecular flexibility index (Phi) is 5.47. The summed E-state index contributed by atoms with van der Waals surface area (Å²) in [7, 11) is 0. The zero-order valence-electron chi connectivity index (χ0n) is 15.4. The number of fused-ring (bicyclic) bond motifs is 1. The number of anilines is 1. The van der Waals surface area contributed by atoms with Crippen molar-refractivity contribution in [1.82, 2.24) is 9.97 Å². The first-order chi connectivity index (χ1) is 13.0. The average Bonchev–Trinajstić information content (AvgIpc) is 3.07. The third-order valence-corrected chi connectivity index (χ3v) is 4.52. The number of hydrogen-bond acceptors (Lipinski definition) is 2. The minimum atomic E-state index is -0.545. The first-order valence-electron chi connectivity index (χ1n) is 8.64. The third-order valence-electron chi connectivity index (χ3n) is 4.52. The molecule has 0 fully saturated rings. The molecule has 1 aromatic heterocycles. The van der Waals surface area contributed by atoms with Gasteiger partial charge >= 0.3 is 0 Å². The second-order valence-corrected chi connectivity index (χ2v) is 6.57. The van der Waals surface area contributed by atoms with Gasteiger partial charge in [-0.15, -0.1) is 12.4 Å². The number of imidazole rings is 1. The predicted molar refractivity (Wildman–Crippen MR) is 113 cm³/mol. The number of aryl methyl sites for hydroxylation is 2. The molecule has 6 heteroatoms. The van der Waals surface area contributed by atoms with E-state index in [0.717, 1.165) is 33.5 Å². The second kappa shape index (κ2) is 7.82. The Morgan fingerprint density at radius 1 is 1.04 bits per heavy atom. The third kappa shape index (κ3) is 3.75. The smallest absolute Gasteiger partial charge is 0.258 e. The zero-order chi connectivity index (χ0) is 19.0. The van der Waals surface area contributed by atoms with Crippen LogP contribution < -0.4 is 5.32 Å². The Hall–Kier alpha value is -3.18. The fraction of sp³-hybridized carbons (Fsp3) is 0.0909. The topological polar surface area (TPSA) is 57.8 Å². The van der Waals surface area contributed by atoms with Gasteiger partial charge in [0.2, 0.25) is 0 Å². The molecule has 2 N–H and O–H groups in total. The number of H-pyrrole nitrogens is 1. The molecular weight excluding hydrogens is 377 g/mol. The highest BCUT2D eigenvalue weighted by molar-refractivity contribution is 6.05. The lowest BCUT2D eigenvalue weighted by Crippen LogP contribution is -2.14. The fourth-order valence-corrected chi connectivity index (χ4v) is 3.00. The van der Waals surface area contributed by atoms with Crippen molar-refractivity contribution in [3.05, 3.63) is 83.2 Å². The lowest BCUT2D eigenvalue weighted by atomic mass is 10.1. The first kappa shape index (κ1) is 19.6. The summed E-state index contributed by atoms with van der Waals surface area (Å²) in [5, 5.41) is 2.80. The van der Waals surface area contributed by atoms with Crippen molar-refractivity contribution in [2.24, 2.45) is 0 Å². The van der Waals surface area contributed by atoms with E-state index in [1.54, 1.807) is 12.1 Å². The van der Waals surface area contributed by atoms with Gasteiger partial charge in [-0.25, -0.2) is 9.37 Å². The Balaban J connectivity index is 0.00000225. The van der Waals surface area contributed by atoms with E-state index in [4.69, 9.17) is 0 Å². The van der Waals surface area contributed by atoms with E-state index in [1.807, 2.05) is 50.2 Å². The highest BCUT2D eigenvalue weighted by Gasteiger charge is 2.13. The van der Waals surface area contributed by atoms with Crippen LogP contribution in [-0.4, -0.2) is 15.9 Å². The minimum Gasteiger partial charge on any atom is -0.338 e. The molecule has 0 saturated heterocycles. The number of hydrogen-bond donors (Lipinski definition) is 2. The largest absolute Gasteiger partial charge is 0.338 e. The van der Waals surface area contributed by atoms with E-state index in [0.29, 0.717) is 5.69 Å². The minimum absolute atomic E-state index is 0. The molecule has 142 valence electrons. The van der Waals surface area contributed by atoms with Crippen LogP contribution in [0.25, 0.3) is 22.4 Å². The Labute approximate surface area is 168 Å². The molecule has 28 heavy (non-hydrogen) atoms. The molecule has 0 bridgehead atoms. The van der Waals surface area contributed by atoms with Crippen LogP contribution in [0.15, 0.2) is 60.7 Å². The average molecular weight is 396 g/mol. The maximum Gasteiger partial charge on any atom is 0.258 e. The predicted octanol–water partition coefficient (Wildman–Crippen LogP) is 5.66. The summed E-state index contributed by atoms with van der Waals surface area (Å²) in [6.07, 6.45) is 0. The number of aromatic amines is 1. The van der Waals surface area contributed by atoms with Gasteiger partial charge in [0.25, 0.3) is 5.91 Å². The molecular formula is C22H19ClFN3O. The molecule has 0 saturated carbocycles. The van der Waals surface area contributed by atoms with Crippen molar-refractivity contribution >= 4 is 35.0 Å². The van der Waals surface area contributed by atoms with Crippen LogP contribution in [0.2, 0.25) is 0 Å². The van der Waals surface area contributed by atoms with Crippen LogP contribution in [0.5, 0.6) is 0 Å². The van der Waals surface area contributed by atoms with Gasteiger partial charge in [-0.1, -0.05) is 30.3 Å². The van der Waals surface area contributed by atoms with E-state index in [1.165, 1.54) is 12.1 Å². The number of carbonyl (C=O) groups is 1. The van der Waals surface area contributed by atoms with Crippen LogP contribution in [0.4, 0.5) is 10.1 Å². The van der Waals surface area contributed by atoms with Gasteiger partial charge in [-0.2, -0.15) is 0 Å². The van der Waals surface area contributed by atoms with Crippen LogP contribution in [-0.2, 0) is 0 Å². The number of benzene rings is 3. The van der Waals surface area contributed by atoms with Gasteiger partial charge in [-0.3, -0.25) is 4.79 Å². The molecule has 4 aromatic rings. The SMILES string of the molecule is Cc1ccc2nc(-c3ccc(C)c(NC(=O)c4ccccc4F)c3)[nH]c2c1.Cl. The van der Waals surface area contributed by atoms with Crippen LogP contribution in [0, 0.1) is 19.7 Å². The number of nitrogens with one attached hydrogen (secondary N) is 2. The molecule has 0 spiro atoms. The van der Waals surface area contributed by atoms with Crippen molar-refractivity contribution in [1.29, 1.82) is 0 Å². The van der Waals surface area contributed by atoms with E-state index in [9.17, 15) is 9.18 Å². The highest BCUT2D eigenvalue weighted by atomic mass is 35.5. The number of aromatic nitrogens is 2. The molecule has 0 aliphatic rings. The van der Waals surface area contributed by atoms with Crippen LogP contribution in [0.1, 0.15) is 21.5 Å². The lowest BCUT2D eigenvalue weighted by molar-refractivity contribution is 0.102. The highest BCUT2D eigenvalue weighted by Crippen LogP contribution is 2.26. The monoisotopic (exact) mass is 395 g/mol. The first-order valence-corrected chi connectivity index (χ1v) is 8.64. The summed E-state index contributed by atoms with van der Waals surface area (Å²) in [5.41, 5.74) is 5.36. The zero-order valence-corrected chi connectivity index (χ0v) is 16.2. The van der Waals surface area contributed by atoms with E-state index < -0.39 is 11.7 Å². The van der Waals surface area contributed by atoms with Crippen molar-refractivity contribution in [2.45, 2.75) is 13.8 Å². The Morgan fingerprint density at radius 3 is 2.61 bits per heavy atom. The van der Waals surface area contributed by atoms with E-state index >= 15 is 0 Å². The Morgan fingerprint density at radius 2 is 1.82 bits per heavy atom. The second-order valence-electron chi connectivity index (χ2n) is 6.57. The quantitative estimate of drug-likeness (QED) is 0.470. The maximum absolute atomic E-state index is 13.9. The molecule has 4 nitrogen and oxygen atoms in total. The maximum atomic E-state index is 13.9. The summed E-state index contributed by atoms with van der Waals surface area (Å²) < 4.78 is 13.9. The van der Waals surface area contributed by atoms with E-state index in [2.05, 4.69) is 15.3 Å². The molecule has 1 heterocycles. The van der Waals surface area contributed by atoms with Gasteiger partial charge in [0, 0.05) is 11.3 Å². The standard InChI is InChI=1S/C22H18FN3O.ClH/c1-13-7-10-18-20(11-13)25-21(24-18)15-9-8-14(2)19(12-15)26-22(27)16-5-3-4-6-17(16)23;/h3-12H,1-2H3,(H,24,25)(H,26,27);1H. The van der Waals surface area contributed by atoms with Crippen molar-refractivity contribution in [2.75, 3.05) is 5.32 Å². The summed E-state index contributed by atoms with van der Waals surface area (Å²) in [5.74, 6) is -0.304. The summed E-state index contributed by atoms with van der Waals surface area (Å²) in [6, 6.07) is 17.7. The molecule has 0 unspecified atom stereocenters. The number of halogens is 2. The molecule has 1 amide bonds. The van der Waals surface area contributed by atoms with Gasteiger partial charge in [0.05, 0.1) is 16.6 Å². The van der Waals surface area contributed by atoms with E-state index in [-0.39, 0.29) is 18.0 Å². The molecule has 0 aliphatic carbocycles. The fourth-order valence-electron chi connectivity index (χ4n) is 3.00. The summed E-state index contributed by atoms with van der Waals surface area (Å²) in [6.45, 7) is 3.92. The van der Waals surface area contributed by atoms with Gasteiger partial charge < -0.3 is 10.3 Å². The van der Waals surface area contributed by atoms with Crippen LogP contribution in [0.3, 0.4) is 0 Å². The Bertz CT molecular complexity index is 1170.